The number of aromatic amines is 1. The Bertz CT molecular complexity index is 1390. The smallest absolute Gasteiger partial charge is 0.294 e. The van der Waals surface area contributed by atoms with Crippen molar-refractivity contribution in [2.75, 3.05) is 40.0 Å². The maximum atomic E-state index is 12.9. The molecular weight excluding hydrogens is 576 g/mol. The fourth-order valence-electron chi connectivity index (χ4n) is 4.73. The number of aldehydes is 1. The van der Waals surface area contributed by atoms with Gasteiger partial charge in [-0.15, -0.1) is 10.1 Å². The van der Waals surface area contributed by atoms with Gasteiger partial charge in [0.05, 0.1) is 24.5 Å². The largest absolute Gasteiger partial charge is 0.493 e. The third kappa shape index (κ3) is 10.0. The molecule has 0 bridgehead atoms. The number of hydrogen-bond acceptors (Lipinski definition) is 11. The second-order valence-electron chi connectivity index (χ2n) is 10.2. The number of fused-ring (bicyclic) bond motifs is 1. The summed E-state index contributed by atoms with van der Waals surface area (Å²) in [5.41, 5.74) is 2.63. The monoisotopic (exact) mass is 618 g/mol. The molecule has 1 aliphatic rings. The molecule has 0 atom stereocenters. The summed E-state index contributed by atoms with van der Waals surface area (Å²) in [6.45, 7) is 7.66. The number of rotatable bonds is 17. The van der Waals surface area contributed by atoms with Gasteiger partial charge in [-0.05, 0) is 75.1 Å². The highest BCUT2D eigenvalue weighted by Gasteiger charge is 2.27. The number of ether oxygens (including phenoxy) is 2. The van der Waals surface area contributed by atoms with Crippen LogP contribution in [0.25, 0.3) is 22.4 Å². The molecule has 2 aromatic heterocycles. The van der Waals surface area contributed by atoms with E-state index in [1.165, 1.54) is 6.42 Å². The number of carbonyl (C=O) groups excluding carboxylic acids is 1. The number of H-pyrrole nitrogens is 1. The van der Waals surface area contributed by atoms with Gasteiger partial charge in [-0.3, -0.25) is 9.48 Å². The Labute approximate surface area is 255 Å². The number of methoxy groups -OCH3 is 1. The van der Waals surface area contributed by atoms with Crippen LogP contribution in [0.15, 0.2) is 27.9 Å². The van der Waals surface area contributed by atoms with Crippen molar-refractivity contribution in [3.63, 3.8) is 0 Å². The summed E-state index contributed by atoms with van der Waals surface area (Å²) < 4.78 is 15.0. The van der Waals surface area contributed by atoms with Crippen LogP contribution in [0, 0.1) is 16.0 Å². The van der Waals surface area contributed by atoms with E-state index in [9.17, 15) is 19.7 Å². The summed E-state index contributed by atoms with van der Waals surface area (Å²) in [4.78, 5) is 45.1. The van der Waals surface area contributed by atoms with Gasteiger partial charge in [-0.1, -0.05) is 13.3 Å². The Hall–Kier alpha value is -3.49. The molecule has 3 aromatic rings. The highest BCUT2D eigenvalue weighted by atomic mass is 32.2. The predicted molar refractivity (Wildman–Crippen MR) is 165 cm³/mol. The van der Waals surface area contributed by atoms with Crippen molar-refractivity contribution < 1.29 is 24.2 Å². The molecule has 1 N–H and O–H groups in total. The van der Waals surface area contributed by atoms with Crippen molar-refractivity contribution in [1.29, 1.82) is 0 Å². The molecule has 236 valence electrons. The summed E-state index contributed by atoms with van der Waals surface area (Å²) in [6, 6.07) is 6.10. The molecule has 3 heterocycles. The highest BCUT2D eigenvalue weighted by molar-refractivity contribution is 7.97. The van der Waals surface area contributed by atoms with E-state index in [-0.39, 0.29) is 12.2 Å². The quantitative estimate of drug-likeness (QED) is 0.0742. The number of nitrogens with one attached hydrogen (secondary N) is 1. The second kappa shape index (κ2) is 17.6. The van der Waals surface area contributed by atoms with Crippen molar-refractivity contribution in [2.45, 2.75) is 63.7 Å². The summed E-state index contributed by atoms with van der Waals surface area (Å²) in [5.74, 6) is 1.97. The number of unbranched alkanes of at least 4 members (excludes halogenated alkanes) is 2. The lowest BCUT2D eigenvalue weighted by Crippen LogP contribution is -2.41. The second-order valence-corrected chi connectivity index (χ2v) is 11.4. The maximum Gasteiger partial charge on any atom is 0.294 e. The first-order valence-electron chi connectivity index (χ1n) is 14.7. The molecule has 0 aliphatic carbocycles. The molecule has 1 saturated heterocycles. The van der Waals surface area contributed by atoms with Gasteiger partial charge >= 0.3 is 0 Å². The van der Waals surface area contributed by atoms with Crippen LogP contribution >= 0.6 is 11.9 Å². The van der Waals surface area contributed by atoms with Gasteiger partial charge in [0.25, 0.3) is 10.6 Å². The van der Waals surface area contributed by atoms with Crippen LogP contribution in [0.3, 0.4) is 0 Å². The van der Waals surface area contributed by atoms with Gasteiger partial charge in [0.15, 0.2) is 5.52 Å². The molecule has 13 nitrogen and oxygen atoms in total. The van der Waals surface area contributed by atoms with Crippen molar-refractivity contribution in [1.82, 2.24) is 24.1 Å². The zero-order valence-electron chi connectivity index (χ0n) is 25.4. The molecular formula is C29H42N6O7S. The fourth-order valence-corrected chi connectivity index (χ4v) is 5.89. The predicted octanol–water partition coefficient (Wildman–Crippen LogP) is 4.60. The van der Waals surface area contributed by atoms with Crippen molar-refractivity contribution in [2.24, 2.45) is 13.0 Å². The van der Waals surface area contributed by atoms with Crippen molar-refractivity contribution in [3.05, 3.63) is 44.4 Å². The van der Waals surface area contributed by atoms with Gasteiger partial charge in [0.2, 0.25) is 0 Å². The lowest BCUT2D eigenvalue weighted by Gasteiger charge is -2.38. The average Bonchev–Trinajstić information content (AvgIpc) is 3.28. The number of aryl methyl sites for hydroxylation is 2. The van der Waals surface area contributed by atoms with Crippen molar-refractivity contribution >= 4 is 29.3 Å². The SMILES string of the molecule is CCCc1nn(C)c2c(=O)[nH]c(-c3cc(SN4CC(CCCOC)C4)ccc3OCC)nc12.O=CCCCCO[N+](=O)[O-]. The molecule has 0 amide bonds. The zero-order chi connectivity index (χ0) is 31.2. The topological polar surface area (TPSA) is 155 Å². The van der Waals surface area contributed by atoms with Crippen LogP contribution in [0.1, 0.15) is 58.1 Å². The number of nitrogens with zero attached hydrogens (tertiary/aromatic N) is 5. The lowest BCUT2D eigenvalue weighted by atomic mass is 9.98. The Morgan fingerprint density at radius 1 is 1.21 bits per heavy atom. The number of aromatic nitrogens is 4. The third-order valence-corrected chi connectivity index (χ3v) is 7.81. The molecule has 1 aliphatic heterocycles. The molecule has 1 fully saturated rings. The molecule has 1 aromatic carbocycles. The average molecular weight is 619 g/mol. The molecule has 43 heavy (non-hydrogen) atoms. The minimum absolute atomic E-state index is 0.0842. The Morgan fingerprint density at radius 2 is 2.00 bits per heavy atom. The number of hydrogen-bond donors (Lipinski definition) is 1. The van der Waals surface area contributed by atoms with E-state index in [1.807, 2.05) is 13.0 Å². The summed E-state index contributed by atoms with van der Waals surface area (Å²) in [6.07, 6.45) is 6.47. The number of carbonyl (C=O) groups is 1. The van der Waals surface area contributed by atoms with E-state index in [0.717, 1.165) is 67.3 Å². The standard InChI is InChI=1S/C24H33N5O3S.C5H9NO4/c1-5-8-19-21-22(28(3)27-19)24(30)26-23(25-21)18-13-17(10-11-20(18)32-6-2)33-29-14-16(15-29)9-7-12-31-4;7-4-2-1-3-5-10-6(8)9/h10-11,13,16H,5-9,12,14-15H2,1-4H3,(H,25,26,30);4H,1-3,5H2. The Morgan fingerprint density at radius 3 is 2.67 bits per heavy atom. The van der Waals surface area contributed by atoms with E-state index < -0.39 is 5.09 Å². The van der Waals surface area contributed by atoms with E-state index in [4.69, 9.17) is 14.5 Å². The molecule has 4 rings (SSSR count). The molecule has 0 spiro atoms. The molecule has 0 radical (unpaired) electrons. The first-order valence-corrected chi connectivity index (χ1v) is 15.4. The van der Waals surface area contributed by atoms with Crippen LogP contribution in [0.5, 0.6) is 5.75 Å². The molecule has 0 unspecified atom stereocenters. The van der Waals surface area contributed by atoms with Crippen molar-refractivity contribution in [3.8, 4) is 17.1 Å². The van der Waals surface area contributed by atoms with Crippen LogP contribution in [-0.4, -0.2) is 75.4 Å². The van der Waals surface area contributed by atoms with E-state index in [1.54, 1.807) is 30.8 Å². The van der Waals surface area contributed by atoms with Gasteiger partial charge in [-0.25, -0.2) is 9.29 Å². The first kappa shape index (κ1) is 34.0. The highest BCUT2D eigenvalue weighted by Crippen LogP contribution is 2.37. The van der Waals surface area contributed by atoms with Gasteiger partial charge < -0.3 is 24.1 Å². The minimum Gasteiger partial charge on any atom is -0.493 e. The summed E-state index contributed by atoms with van der Waals surface area (Å²) >= 11 is 1.74. The zero-order valence-corrected chi connectivity index (χ0v) is 26.2. The Kier molecular flexibility index (Phi) is 13.9. The molecule has 14 heteroatoms. The van der Waals surface area contributed by atoms with Crippen LogP contribution in [0.4, 0.5) is 0 Å². The Balaban J connectivity index is 0.000000436. The van der Waals surface area contributed by atoms with Crippen LogP contribution in [-0.2, 0) is 27.8 Å². The molecule has 0 saturated carbocycles. The summed E-state index contributed by atoms with van der Waals surface area (Å²) in [5, 5.41) is 13.2. The minimum atomic E-state index is -0.832. The van der Waals surface area contributed by atoms with Gasteiger partial charge in [0, 0.05) is 45.2 Å². The van der Waals surface area contributed by atoms with Gasteiger partial charge in [-0.2, -0.15) is 5.10 Å². The van der Waals surface area contributed by atoms with Crippen LogP contribution < -0.4 is 10.3 Å². The maximum absolute atomic E-state index is 12.9. The lowest BCUT2D eigenvalue weighted by molar-refractivity contribution is -0.757. The van der Waals surface area contributed by atoms with Crippen LogP contribution in [0.2, 0.25) is 0 Å². The first-order chi connectivity index (χ1) is 20.8. The number of benzene rings is 1. The normalized spacial score (nSPS) is 13.3. The van der Waals surface area contributed by atoms with E-state index in [0.29, 0.717) is 48.5 Å². The van der Waals surface area contributed by atoms with E-state index >= 15 is 0 Å². The summed E-state index contributed by atoms with van der Waals surface area (Å²) in [7, 11) is 3.54. The third-order valence-electron chi connectivity index (χ3n) is 6.79. The van der Waals surface area contributed by atoms with Gasteiger partial charge in [0.1, 0.15) is 23.4 Å². The van der Waals surface area contributed by atoms with E-state index in [2.05, 4.69) is 38.3 Å². The fraction of sp³-hybridized carbons (Fsp3) is 0.586.